The van der Waals surface area contributed by atoms with Gasteiger partial charge in [0, 0.05) is 23.0 Å². The molecule has 0 atom stereocenters. The highest BCUT2D eigenvalue weighted by atomic mass is 35.5. The van der Waals surface area contributed by atoms with Crippen molar-refractivity contribution in [2.45, 2.75) is 26.3 Å². The summed E-state index contributed by atoms with van der Waals surface area (Å²) in [5.74, 6) is 1.69. The third-order valence-electron chi connectivity index (χ3n) is 3.86. The third kappa shape index (κ3) is 5.08. The zero-order valence-electron chi connectivity index (χ0n) is 15.1. The first-order chi connectivity index (χ1) is 13.0. The maximum atomic E-state index is 11.9. The fourth-order valence-electron chi connectivity index (χ4n) is 2.32. The van der Waals surface area contributed by atoms with Crippen LogP contribution in [0.1, 0.15) is 31.2 Å². The number of ether oxygens (including phenoxy) is 1. The molecule has 2 aromatic carbocycles. The molecule has 3 aromatic rings. The van der Waals surface area contributed by atoms with Crippen molar-refractivity contribution in [3.05, 3.63) is 64.9 Å². The van der Waals surface area contributed by atoms with Crippen LogP contribution >= 0.6 is 11.6 Å². The maximum absolute atomic E-state index is 11.9. The van der Waals surface area contributed by atoms with E-state index in [1.54, 1.807) is 18.2 Å². The lowest BCUT2D eigenvalue weighted by molar-refractivity contribution is -0.123. The van der Waals surface area contributed by atoms with Crippen molar-refractivity contribution >= 4 is 17.5 Å². The second kappa shape index (κ2) is 8.68. The standard InChI is InChI=1S/C20H20ClN3O3/c1-13(2)19-23-20(27-24-19)14-7-9-16(10-8-14)26-12-18(25)22-11-15-5-3-4-6-17(15)21/h3-10,13H,11-12H2,1-2H3,(H,22,25). The highest BCUT2D eigenvalue weighted by Gasteiger charge is 2.11. The SMILES string of the molecule is CC(C)c1noc(-c2ccc(OCC(=O)NCc3ccccc3Cl)cc2)n1. The van der Waals surface area contributed by atoms with E-state index in [-0.39, 0.29) is 18.4 Å². The van der Waals surface area contributed by atoms with Crippen LogP contribution < -0.4 is 10.1 Å². The lowest BCUT2D eigenvalue weighted by Crippen LogP contribution is -2.28. The average molecular weight is 386 g/mol. The third-order valence-corrected chi connectivity index (χ3v) is 4.23. The Balaban J connectivity index is 1.51. The molecule has 0 spiro atoms. The predicted octanol–water partition coefficient (Wildman–Crippen LogP) is 4.21. The topological polar surface area (TPSA) is 77.2 Å². The van der Waals surface area contributed by atoms with Crippen LogP contribution in [-0.4, -0.2) is 22.7 Å². The van der Waals surface area contributed by atoms with Gasteiger partial charge in [-0.15, -0.1) is 0 Å². The van der Waals surface area contributed by atoms with Crippen LogP contribution in [0.15, 0.2) is 53.1 Å². The molecule has 0 unspecified atom stereocenters. The van der Waals surface area contributed by atoms with E-state index in [9.17, 15) is 4.79 Å². The Morgan fingerprint density at radius 1 is 1.19 bits per heavy atom. The van der Waals surface area contributed by atoms with E-state index in [1.807, 2.05) is 44.2 Å². The molecule has 0 aliphatic carbocycles. The van der Waals surface area contributed by atoms with Crippen LogP contribution in [0, 0.1) is 0 Å². The first-order valence-electron chi connectivity index (χ1n) is 8.60. The zero-order chi connectivity index (χ0) is 19.2. The van der Waals surface area contributed by atoms with Gasteiger partial charge in [-0.05, 0) is 35.9 Å². The molecule has 0 saturated heterocycles. The number of carbonyl (C=O) groups is 1. The van der Waals surface area contributed by atoms with Gasteiger partial charge >= 0.3 is 0 Å². The highest BCUT2D eigenvalue weighted by molar-refractivity contribution is 6.31. The van der Waals surface area contributed by atoms with Crippen molar-refractivity contribution in [3.8, 4) is 17.2 Å². The summed E-state index contributed by atoms with van der Waals surface area (Å²) in [6.07, 6.45) is 0. The molecular formula is C20H20ClN3O3. The van der Waals surface area contributed by atoms with Gasteiger partial charge in [0.1, 0.15) is 5.75 Å². The number of rotatable bonds is 7. The molecule has 0 bridgehead atoms. The number of aromatic nitrogens is 2. The molecule has 0 aliphatic rings. The number of amides is 1. The molecule has 0 fully saturated rings. The number of nitrogens with zero attached hydrogens (tertiary/aromatic N) is 2. The summed E-state index contributed by atoms with van der Waals surface area (Å²) in [4.78, 5) is 16.3. The zero-order valence-corrected chi connectivity index (χ0v) is 15.9. The van der Waals surface area contributed by atoms with E-state index >= 15 is 0 Å². The quantitative estimate of drug-likeness (QED) is 0.659. The van der Waals surface area contributed by atoms with Crippen LogP contribution in [0.25, 0.3) is 11.5 Å². The highest BCUT2D eigenvalue weighted by Crippen LogP contribution is 2.22. The van der Waals surface area contributed by atoms with Crippen LogP contribution in [0.3, 0.4) is 0 Å². The van der Waals surface area contributed by atoms with Gasteiger partial charge in [0.15, 0.2) is 12.4 Å². The second-order valence-electron chi connectivity index (χ2n) is 6.29. The molecule has 7 heteroatoms. The Labute approximate surface area is 162 Å². The van der Waals surface area contributed by atoms with E-state index in [0.29, 0.717) is 29.0 Å². The van der Waals surface area contributed by atoms with Crippen LogP contribution in [0.5, 0.6) is 5.75 Å². The molecular weight excluding hydrogens is 366 g/mol. The van der Waals surface area contributed by atoms with Crippen LogP contribution in [0.4, 0.5) is 0 Å². The summed E-state index contributed by atoms with van der Waals surface area (Å²) in [6, 6.07) is 14.5. The number of hydrogen-bond donors (Lipinski definition) is 1. The molecule has 140 valence electrons. The van der Waals surface area contributed by atoms with Gasteiger partial charge in [0.25, 0.3) is 11.8 Å². The lowest BCUT2D eigenvalue weighted by Gasteiger charge is -2.08. The van der Waals surface area contributed by atoms with Crippen molar-refractivity contribution in [3.63, 3.8) is 0 Å². The Kier molecular flexibility index (Phi) is 6.08. The van der Waals surface area contributed by atoms with Crippen molar-refractivity contribution in [1.29, 1.82) is 0 Å². The van der Waals surface area contributed by atoms with E-state index in [2.05, 4.69) is 15.5 Å². The van der Waals surface area contributed by atoms with E-state index < -0.39 is 0 Å². The fourth-order valence-corrected chi connectivity index (χ4v) is 2.52. The molecule has 6 nitrogen and oxygen atoms in total. The summed E-state index contributed by atoms with van der Waals surface area (Å²) in [5.41, 5.74) is 1.65. The molecule has 1 heterocycles. The van der Waals surface area contributed by atoms with E-state index in [1.165, 1.54) is 0 Å². The molecule has 1 amide bonds. The van der Waals surface area contributed by atoms with Gasteiger partial charge in [-0.3, -0.25) is 4.79 Å². The molecule has 0 saturated carbocycles. The normalized spacial score (nSPS) is 10.8. The Bertz CT molecular complexity index is 907. The molecule has 0 aliphatic heterocycles. The van der Waals surface area contributed by atoms with Crippen molar-refractivity contribution in [1.82, 2.24) is 15.5 Å². The summed E-state index contributed by atoms with van der Waals surface area (Å²) in [5, 5.41) is 7.35. The van der Waals surface area contributed by atoms with Gasteiger partial charge in [0.2, 0.25) is 0 Å². The first kappa shape index (κ1) is 18.9. The van der Waals surface area contributed by atoms with Crippen LogP contribution in [-0.2, 0) is 11.3 Å². The lowest BCUT2D eigenvalue weighted by atomic mass is 10.2. The Morgan fingerprint density at radius 2 is 1.93 bits per heavy atom. The number of benzene rings is 2. The van der Waals surface area contributed by atoms with Crippen molar-refractivity contribution in [2.75, 3.05) is 6.61 Å². The first-order valence-corrected chi connectivity index (χ1v) is 8.97. The van der Waals surface area contributed by atoms with E-state index in [0.717, 1.165) is 11.1 Å². The minimum atomic E-state index is -0.225. The minimum absolute atomic E-state index is 0.0815. The van der Waals surface area contributed by atoms with Gasteiger partial charge < -0.3 is 14.6 Å². The summed E-state index contributed by atoms with van der Waals surface area (Å²) < 4.78 is 10.8. The molecule has 1 aromatic heterocycles. The number of hydrogen-bond acceptors (Lipinski definition) is 5. The van der Waals surface area contributed by atoms with Gasteiger partial charge in [-0.1, -0.05) is 48.8 Å². The Hall–Kier alpha value is -2.86. The second-order valence-corrected chi connectivity index (χ2v) is 6.70. The molecule has 0 radical (unpaired) electrons. The monoisotopic (exact) mass is 385 g/mol. The van der Waals surface area contributed by atoms with Gasteiger partial charge in [-0.2, -0.15) is 4.98 Å². The average Bonchev–Trinajstić information content (AvgIpc) is 3.17. The van der Waals surface area contributed by atoms with Gasteiger partial charge in [-0.25, -0.2) is 0 Å². The van der Waals surface area contributed by atoms with Crippen LogP contribution in [0.2, 0.25) is 5.02 Å². The molecule has 1 N–H and O–H groups in total. The summed E-state index contributed by atoms with van der Waals surface area (Å²) in [6.45, 7) is 4.28. The minimum Gasteiger partial charge on any atom is -0.484 e. The molecule has 27 heavy (non-hydrogen) atoms. The van der Waals surface area contributed by atoms with E-state index in [4.69, 9.17) is 20.9 Å². The Morgan fingerprint density at radius 3 is 2.59 bits per heavy atom. The van der Waals surface area contributed by atoms with Crippen molar-refractivity contribution in [2.24, 2.45) is 0 Å². The predicted molar refractivity (Wildman–Crippen MR) is 103 cm³/mol. The fraction of sp³-hybridized carbons (Fsp3) is 0.250. The summed E-state index contributed by atoms with van der Waals surface area (Å²) >= 11 is 6.06. The molecule has 3 rings (SSSR count). The number of nitrogens with one attached hydrogen (secondary N) is 1. The number of halogens is 1. The van der Waals surface area contributed by atoms with Crippen molar-refractivity contribution < 1.29 is 14.1 Å². The summed E-state index contributed by atoms with van der Waals surface area (Å²) in [7, 11) is 0. The largest absolute Gasteiger partial charge is 0.484 e. The maximum Gasteiger partial charge on any atom is 0.258 e. The number of carbonyl (C=O) groups excluding carboxylic acids is 1. The smallest absolute Gasteiger partial charge is 0.258 e. The van der Waals surface area contributed by atoms with Gasteiger partial charge in [0.05, 0.1) is 0 Å².